The van der Waals surface area contributed by atoms with Gasteiger partial charge in [-0.3, -0.25) is 9.59 Å². The lowest BCUT2D eigenvalue weighted by atomic mass is 9.90. The molecule has 4 nitrogen and oxygen atoms in total. The Kier molecular flexibility index (Phi) is 2.08. The van der Waals surface area contributed by atoms with E-state index in [1.807, 2.05) is 0 Å². The predicted octanol–water partition coefficient (Wildman–Crippen LogP) is 0.329. The first-order valence-corrected chi connectivity index (χ1v) is 3.95. The van der Waals surface area contributed by atoms with Crippen LogP contribution in [0.4, 0.5) is 0 Å². The monoisotopic (exact) mass is 171 g/mol. The SMILES string of the molecule is CC(=O)N1CC[C@@](C)(C(=O)O)C1. The van der Waals surface area contributed by atoms with Gasteiger partial charge in [0.15, 0.2) is 0 Å². The van der Waals surface area contributed by atoms with Gasteiger partial charge in [-0.05, 0) is 13.3 Å². The van der Waals surface area contributed by atoms with E-state index in [-0.39, 0.29) is 5.91 Å². The highest BCUT2D eigenvalue weighted by Crippen LogP contribution is 2.29. The van der Waals surface area contributed by atoms with Crippen LogP contribution in [0.15, 0.2) is 0 Å². The third-order valence-corrected chi connectivity index (χ3v) is 2.43. The van der Waals surface area contributed by atoms with Gasteiger partial charge in [0.05, 0.1) is 5.41 Å². The van der Waals surface area contributed by atoms with Gasteiger partial charge >= 0.3 is 5.97 Å². The van der Waals surface area contributed by atoms with Gasteiger partial charge in [-0.25, -0.2) is 0 Å². The number of carboxylic acids is 1. The average Bonchev–Trinajstić information content (AvgIpc) is 2.33. The molecule has 0 aromatic rings. The van der Waals surface area contributed by atoms with Crippen LogP contribution in [0.25, 0.3) is 0 Å². The molecule has 1 saturated heterocycles. The molecule has 1 aliphatic rings. The van der Waals surface area contributed by atoms with Crippen molar-refractivity contribution in [3.05, 3.63) is 0 Å². The minimum Gasteiger partial charge on any atom is -0.481 e. The minimum atomic E-state index is -0.814. The molecule has 1 fully saturated rings. The van der Waals surface area contributed by atoms with Gasteiger partial charge in [-0.2, -0.15) is 0 Å². The first-order valence-electron chi connectivity index (χ1n) is 3.95. The van der Waals surface area contributed by atoms with Crippen LogP contribution < -0.4 is 0 Å². The van der Waals surface area contributed by atoms with Gasteiger partial charge in [0.2, 0.25) is 5.91 Å². The standard InChI is InChI=1S/C8H13NO3/c1-6(10)9-4-3-8(2,5-9)7(11)12/h3-5H2,1-2H3,(H,11,12)/t8-/m1/s1. The van der Waals surface area contributed by atoms with Crippen molar-refractivity contribution in [2.75, 3.05) is 13.1 Å². The highest BCUT2D eigenvalue weighted by atomic mass is 16.4. The van der Waals surface area contributed by atoms with Crippen LogP contribution in [0.1, 0.15) is 20.3 Å². The van der Waals surface area contributed by atoms with Crippen molar-refractivity contribution in [1.82, 2.24) is 4.90 Å². The molecule has 0 radical (unpaired) electrons. The van der Waals surface area contributed by atoms with E-state index in [1.165, 1.54) is 6.92 Å². The van der Waals surface area contributed by atoms with E-state index in [1.54, 1.807) is 11.8 Å². The first-order chi connectivity index (χ1) is 5.46. The Bertz CT molecular complexity index is 226. The van der Waals surface area contributed by atoms with Crippen LogP contribution in [-0.2, 0) is 9.59 Å². The Morgan fingerprint density at radius 1 is 1.50 bits per heavy atom. The van der Waals surface area contributed by atoms with Crippen molar-refractivity contribution >= 4 is 11.9 Å². The summed E-state index contributed by atoms with van der Waals surface area (Å²) in [6, 6.07) is 0. The molecule has 0 saturated carbocycles. The molecule has 0 bridgehead atoms. The largest absolute Gasteiger partial charge is 0.481 e. The maximum atomic E-state index is 10.9. The van der Waals surface area contributed by atoms with E-state index in [0.29, 0.717) is 19.5 Å². The molecule has 1 rings (SSSR count). The van der Waals surface area contributed by atoms with E-state index in [2.05, 4.69) is 0 Å². The molecule has 1 heterocycles. The number of hydrogen-bond donors (Lipinski definition) is 1. The summed E-state index contributed by atoms with van der Waals surface area (Å²) in [7, 11) is 0. The van der Waals surface area contributed by atoms with Crippen molar-refractivity contribution in [2.45, 2.75) is 20.3 Å². The van der Waals surface area contributed by atoms with Crippen molar-refractivity contribution in [1.29, 1.82) is 0 Å². The van der Waals surface area contributed by atoms with Gasteiger partial charge < -0.3 is 10.0 Å². The van der Waals surface area contributed by atoms with Crippen molar-refractivity contribution in [2.24, 2.45) is 5.41 Å². The lowest BCUT2D eigenvalue weighted by Crippen LogP contribution is -2.33. The van der Waals surface area contributed by atoms with Gasteiger partial charge in [0.25, 0.3) is 0 Å². The highest BCUT2D eigenvalue weighted by molar-refractivity contribution is 5.79. The van der Waals surface area contributed by atoms with Crippen LogP contribution in [0.2, 0.25) is 0 Å². The quantitative estimate of drug-likeness (QED) is 0.618. The Labute approximate surface area is 71.2 Å². The molecule has 0 unspecified atom stereocenters. The Morgan fingerprint density at radius 2 is 2.08 bits per heavy atom. The molecule has 0 aromatic carbocycles. The molecule has 1 N–H and O–H groups in total. The predicted molar refractivity (Wildman–Crippen MR) is 42.6 cm³/mol. The summed E-state index contributed by atoms with van der Waals surface area (Å²) in [4.78, 5) is 23.2. The topological polar surface area (TPSA) is 57.6 Å². The Hall–Kier alpha value is -1.06. The number of carboxylic acid groups (broad SMARTS) is 1. The van der Waals surface area contributed by atoms with Crippen LogP contribution in [0, 0.1) is 5.41 Å². The molecule has 68 valence electrons. The lowest BCUT2D eigenvalue weighted by molar-refractivity contribution is -0.147. The van der Waals surface area contributed by atoms with Gasteiger partial charge in [-0.15, -0.1) is 0 Å². The van der Waals surface area contributed by atoms with Crippen molar-refractivity contribution < 1.29 is 14.7 Å². The van der Waals surface area contributed by atoms with Crippen LogP contribution in [0.5, 0.6) is 0 Å². The van der Waals surface area contributed by atoms with Crippen LogP contribution in [-0.4, -0.2) is 35.0 Å². The lowest BCUT2D eigenvalue weighted by Gasteiger charge is -2.18. The van der Waals surface area contributed by atoms with Gasteiger partial charge in [0.1, 0.15) is 0 Å². The summed E-state index contributed by atoms with van der Waals surface area (Å²) in [6.07, 6.45) is 0.557. The summed E-state index contributed by atoms with van der Waals surface area (Å²) >= 11 is 0. The van der Waals surface area contributed by atoms with E-state index in [4.69, 9.17) is 5.11 Å². The Morgan fingerprint density at radius 3 is 2.33 bits per heavy atom. The maximum Gasteiger partial charge on any atom is 0.311 e. The molecular weight excluding hydrogens is 158 g/mol. The molecule has 1 amide bonds. The van der Waals surface area contributed by atoms with E-state index < -0.39 is 11.4 Å². The molecule has 1 atom stereocenters. The normalized spacial score (nSPS) is 29.0. The number of carbonyl (C=O) groups is 2. The van der Waals surface area contributed by atoms with Crippen LogP contribution >= 0.6 is 0 Å². The second-order valence-electron chi connectivity index (χ2n) is 3.56. The Balaban J connectivity index is 2.67. The molecule has 1 aliphatic heterocycles. The fourth-order valence-electron chi connectivity index (χ4n) is 1.40. The number of nitrogens with zero attached hydrogens (tertiary/aromatic N) is 1. The number of amides is 1. The van der Waals surface area contributed by atoms with E-state index in [9.17, 15) is 9.59 Å². The number of hydrogen-bond acceptors (Lipinski definition) is 2. The van der Waals surface area contributed by atoms with Crippen molar-refractivity contribution in [3.8, 4) is 0 Å². The molecule has 12 heavy (non-hydrogen) atoms. The smallest absolute Gasteiger partial charge is 0.311 e. The van der Waals surface area contributed by atoms with E-state index in [0.717, 1.165) is 0 Å². The van der Waals surface area contributed by atoms with Crippen molar-refractivity contribution in [3.63, 3.8) is 0 Å². The number of aliphatic carboxylic acids is 1. The maximum absolute atomic E-state index is 10.9. The highest BCUT2D eigenvalue weighted by Gasteiger charge is 2.41. The second-order valence-corrected chi connectivity index (χ2v) is 3.56. The number of likely N-dealkylation sites (tertiary alicyclic amines) is 1. The van der Waals surface area contributed by atoms with Gasteiger partial charge in [0, 0.05) is 20.0 Å². The average molecular weight is 171 g/mol. The summed E-state index contributed by atoms with van der Waals surface area (Å²) in [5, 5.41) is 8.83. The molecule has 0 spiro atoms. The van der Waals surface area contributed by atoms with Gasteiger partial charge in [-0.1, -0.05) is 0 Å². The minimum absolute atomic E-state index is 0.0417. The summed E-state index contributed by atoms with van der Waals surface area (Å²) in [5.74, 6) is -0.855. The fourth-order valence-corrected chi connectivity index (χ4v) is 1.40. The zero-order valence-electron chi connectivity index (χ0n) is 7.33. The number of rotatable bonds is 1. The third-order valence-electron chi connectivity index (χ3n) is 2.43. The summed E-state index contributed by atoms with van der Waals surface area (Å²) < 4.78 is 0. The zero-order valence-corrected chi connectivity index (χ0v) is 7.33. The zero-order chi connectivity index (χ0) is 9.35. The fraction of sp³-hybridized carbons (Fsp3) is 0.750. The second kappa shape index (κ2) is 2.77. The molecular formula is C8H13NO3. The molecule has 0 aromatic heterocycles. The van der Waals surface area contributed by atoms with E-state index >= 15 is 0 Å². The third kappa shape index (κ3) is 1.42. The summed E-state index contributed by atoms with van der Waals surface area (Å²) in [6.45, 7) is 4.06. The number of carbonyl (C=O) groups excluding carboxylic acids is 1. The summed E-state index contributed by atoms with van der Waals surface area (Å²) in [5.41, 5.74) is -0.730. The van der Waals surface area contributed by atoms with Crippen LogP contribution in [0.3, 0.4) is 0 Å². The first kappa shape index (κ1) is 9.03. The molecule has 4 heteroatoms. The molecule has 0 aliphatic carbocycles.